The van der Waals surface area contributed by atoms with Gasteiger partial charge in [0.05, 0.1) is 5.60 Å². The van der Waals surface area contributed by atoms with E-state index < -0.39 is 5.60 Å². The second kappa shape index (κ2) is 8.77. The first kappa shape index (κ1) is 17.6. The maximum absolute atomic E-state index is 11.4. The molecule has 1 rings (SSSR count). The minimum Gasteiger partial charge on any atom is -0.389 e. The van der Waals surface area contributed by atoms with Gasteiger partial charge in [-0.2, -0.15) is 0 Å². The van der Waals surface area contributed by atoms with Crippen LogP contribution in [0.15, 0.2) is 36.5 Å². The fourth-order valence-electron chi connectivity index (χ4n) is 1.55. The fraction of sp³-hybridized carbons (Fsp3) is 0.562. The third-order valence-electron chi connectivity index (χ3n) is 2.68. The number of amides is 1. The molecule has 1 heterocycles. The molecule has 0 bridgehead atoms. The minimum atomic E-state index is -0.890. The van der Waals surface area contributed by atoms with Gasteiger partial charge in [0, 0.05) is 6.54 Å². The summed E-state index contributed by atoms with van der Waals surface area (Å²) in [5.41, 5.74) is -0.890. The normalized spacial score (nSPS) is 23.0. The van der Waals surface area contributed by atoms with Gasteiger partial charge in [0.1, 0.15) is 12.2 Å². The second-order valence-corrected chi connectivity index (χ2v) is 5.69. The van der Waals surface area contributed by atoms with Gasteiger partial charge in [0.15, 0.2) is 0 Å². The van der Waals surface area contributed by atoms with E-state index in [1.165, 1.54) is 6.08 Å². The molecule has 0 aromatic carbocycles. The predicted octanol–water partition coefficient (Wildman–Crippen LogP) is 2.04. The van der Waals surface area contributed by atoms with Gasteiger partial charge < -0.3 is 10.4 Å². The van der Waals surface area contributed by atoms with E-state index in [0.717, 1.165) is 12.8 Å². The molecule has 1 aliphatic heterocycles. The van der Waals surface area contributed by atoms with Crippen molar-refractivity contribution >= 4 is 5.91 Å². The molecule has 2 N–H and O–H groups in total. The summed E-state index contributed by atoms with van der Waals surface area (Å²) in [6.07, 6.45) is 12.6. The van der Waals surface area contributed by atoms with Crippen molar-refractivity contribution in [2.75, 3.05) is 6.54 Å². The van der Waals surface area contributed by atoms with Gasteiger partial charge in [0.2, 0.25) is 5.91 Å². The zero-order valence-electron chi connectivity index (χ0n) is 12.9. The van der Waals surface area contributed by atoms with Crippen LogP contribution in [0.5, 0.6) is 0 Å². The summed E-state index contributed by atoms with van der Waals surface area (Å²) < 4.78 is 0. The van der Waals surface area contributed by atoms with E-state index in [-0.39, 0.29) is 24.7 Å². The number of hydrogen-bond donors (Lipinski definition) is 2. The Morgan fingerprint density at radius 3 is 2.62 bits per heavy atom. The number of hydrogen-bond acceptors (Lipinski definition) is 4. The van der Waals surface area contributed by atoms with Crippen LogP contribution in [0, 0.1) is 0 Å². The third-order valence-corrected chi connectivity index (χ3v) is 2.68. The van der Waals surface area contributed by atoms with Gasteiger partial charge in [-0.15, -0.1) is 0 Å². The Morgan fingerprint density at radius 1 is 1.29 bits per heavy atom. The molecule has 0 saturated carbocycles. The van der Waals surface area contributed by atoms with Crippen LogP contribution >= 0.6 is 0 Å². The summed E-state index contributed by atoms with van der Waals surface area (Å²) >= 11 is 0. The molecular formula is C16H25NO4. The molecule has 2 atom stereocenters. The Labute approximate surface area is 126 Å². The van der Waals surface area contributed by atoms with E-state index >= 15 is 0 Å². The van der Waals surface area contributed by atoms with E-state index in [2.05, 4.69) is 5.32 Å². The van der Waals surface area contributed by atoms with Crippen molar-refractivity contribution in [1.82, 2.24) is 5.32 Å². The highest BCUT2D eigenvalue weighted by Crippen LogP contribution is 2.09. The van der Waals surface area contributed by atoms with Crippen LogP contribution in [0.2, 0.25) is 0 Å². The first-order valence-electron chi connectivity index (χ1n) is 7.21. The standard InChI is InChI=1S/C16H25NO4/c1-13-10-11-14(21-20-13)8-6-4-5-7-9-15(18)17-12-16(2,3)19/h6-11,13-14,19H,4-5,12H2,1-3H3,(H,17,18)/b8-6-,9-7+. The summed E-state index contributed by atoms with van der Waals surface area (Å²) in [6.45, 7) is 5.44. The van der Waals surface area contributed by atoms with E-state index in [0.29, 0.717) is 0 Å². The summed E-state index contributed by atoms with van der Waals surface area (Å²) in [6, 6.07) is 0. The predicted molar refractivity (Wildman–Crippen MR) is 81.4 cm³/mol. The summed E-state index contributed by atoms with van der Waals surface area (Å²) in [5.74, 6) is -0.193. The van der Waals surface area contributed by atoms with Crippen LogP contribution < -0.4 is 5.32 Å². The average molecular weight is 295 g/mol. The molecule has 2 unspecified atom stereocenters. The lowest BCUT2D eigenvalue weighted by Crippen LogP contribution is -2.37. The van der Waals surface area contributed by atoms with Gasteiger partial charge in [-0.1, -0.05) is 30.4 Å². The van der Waals surface area contributed by atoms with Crippen molar-refractivity contribution in [3.63, 3.8) is 0 Å². The quantitative estimate of drug-likeness (QED) is 0.326. The van der Waals surface area contributed by atoms with Crippen LogP contribution in [-0.2, 0) is 14.6 Å². The van der Waals surface area contributed by atoms with Crippen LogP contribution in [0.4, 0.5) is 0 Å². The summed E-state index contributed by atoms with van der Waals surface area (Å²) in [5, 5.41) is 12.1. The molecule has 1 amide bonds. The van der Waals surface area contributed by atoms with Crippen LogP contribution in [-0.4, -0.2) is 35.4 Å². The first-order valence-corrected chi connectivity index (χ1v) is 7.21. The summed E-state index contributed by atoms with van der Waals surface area (Å²) in [4.78, 5) is 21.6. The van der Waals surface area contributed by atoms with Crippen molar-refractivity contribution in [3.8, 4) is 0 Å². The Bertz CT molecular complexity index is 407. The summed E-state index contributed by atoms with van der Waals surface area (Å²) in [7, 11) is 0. The Morgan fingerprint density at radius 2 is 2.00 bits per heavy atom. The van der Waals surface area contributed by atoms with Gasteiger partial charge in [-0.3, -0.25) is 4.79 Å². The maximum Gasteiger partial charge on any atom is 0.243 e. The zero-order chi connectivity index (χ0) is 15.7. The topological polar surface area (TPSA) is 67.8 Å². The largest absolute Gasteiger partial charge is 0.389 e. The molecule has 21 heavy (non-hydrogen) atoms. The van der Waals surface area contributed by atoms with Crippen molar-refractivity contribution in [2.24, 2.45) is 0 Å². The SMILES string of the molecule is CC1C=CC(/C=C\CC/C=C/C(=O)NCC(C)(C)O)OO1. The van der Waals surface area contributed by atoms with Gasteiger partial charge in [0.25, 0.3) is 0 Å². The lowest BCUT2D eigenvalue weighted by atomic mass is 10.1. The maximum atomic E-state index is 11.4. The smallest absolute Gasteiger partial charge is 0.243 e. The Balaban J connectivity index is 2.14. The van der Waals surface area contributed by atoms with Crippen molar-refractivity contribution in [3.05, 3.63) is 36.5 Å². The lowest BCUT2D eigenvalue weighted by Gasteiger charge is -2.17. The molecule has 118 valence electrons. The first-order chi connectivity index (χ1) is 9.87. The number of allylic oxidation sites excluding steroid dienone is 2. The van der Waals surface area contributed by atoms with E-state index in [1.54, 1.807) is 19.9 Å². The molecule has 0 radical (unpaired) electrons. The highest BCUT2D eigenvalue weighted by Gasteiger charge is 2.12. The molecule has 0 aromatic rings. The molecule has 0 saturated heterocycles. The second-order valence-electron chi connectivity index (χ2n) is 5.69. The number of rotatable bonds is 7. The van der Waals surface area contributed by atoms with Crippen molar-refractivity contribution in [1.29, 1.82) is 0 Å². The van der Waals surface area contributed by atoms with Gasteiger partial charge in [-0.05, 0) is 39.7 Å². The molecule has 0 fully saturated rings. The number of nitrogens with one attached hydrogen (secondary N) is 1. The highest BCUT2D eigenvalue weighted by atomic mass is 17.2. The van der Waals surface area contributed by atoms with Crippen LogP contribution in [0.3, 0.4) is 0 Å². The molecule has 1 aliphatic rings. The van der Waals surface area contributed by atoms with Crippen molar-refractivity contribution < 1.29 is 19.7 Å². The Kier molecular flexibility index (Phi) is 7.36. The van der Waals surface area contributed by atoms with E-state index in [9.17, 15) is 9.90 Å². The number of aliphatic hydroxyl groups is 1. The number of carbonyl (C=O) groups is 1. The molecule has 5 nitrogen and oxygen atoms in total. The van der Waals surface area contributed by atoms with Crippen LogP contribution in [0.25, 0.3) is 0 Å². The zero-order valence-corrected chi connectivity index (χ0v) is 12.9. The number of unbranched alkanes of at least 4 members (excludes halogenated alkanes) is 1. The monoisotopic (exact) mass is 295 g/mol. The van der Waals surface area contributed by atoms with E-state index in [4.69, 9.17) is 9.78 Å². The third kappa shape index (κ3) is 9.18. The number of carbonyl (C=O) groups excluding carboxylic acids is 1. The van der Waals surface area contributed by atoms with Gasteiger partial charge in [-0.25, -0.2) is 9.78 Å². The van der Waals surface area contributed by atoms with Gasteiger partial charge >= 0.3 is 0 Å². The molecule has 0 spiro atoms. The lowest BCUT2D eigenvalue weighted by molar-refractivity contribution is -0.326. The Hall–Kier alpha value is -1.43. The molecular weight excluding hydrogens is 270 g/mol. The molecule has 0 aliphatic carbocycles. The van der Waals surface area contributed by atoms with E-state index in [1.807, 2.05) is 31.2 Å². The minimum absolute atomic E-state index is 0.00000553. The average Bonchev–Trinajstić information content (AvgIpc) is 2.41. The van der Waals surface area contributed by atoms with Crippen LogP contribution in [0.1, 0.15) is 33.6 Å². The highest BCUT2D eigenvalue weighted by molar-refractivity contribution is 5.87. The molecule has 5 heteroatoms. The fourth-order valence-corrected chi connectivity index (χ4v) is 1.55. The van der Waals surface area contributed by atoms with Crippen molar-refractivity contribution in [2.45, 2.75) is 51.4 Å². The molecule has 0 aromatic heterocycles.